The van der Waals surface area contributed by atoms with Gasteiger partial charge in [0.05, 0.1) is 0 Å². The van der Waals surface area contributed by atoms with Gasteiger partial charge < -0.3 is 20.1 Å². The number of aromatic amines is 1. The number of nitrogens with one attached hydrogen (secondary N) is 2. The molecule has 6 nitrogen and oxygen atoms in total. The summed E-state index contributed by atoms with van der Waals surface area (Å²) in [5.41, 5.74) is 4.46. The van der Waals surface area contributed by atoms with Crippen LogP contribution in [0.15, 0.2) is 23.0 Å². The Labute approximate surface area is 183 Å². The Balaban J connectivity index is 1.82. The van der Waals surface area contributed by atoms with Crippen molar-refractivity contribution in [3.8, 4) is 0 Å². The van der Waals surface area contributed by atoms with Crippen molar-refractivity contribution < 1.29 is 4.79 Å². The fraction of sp³-hybridized carbons (Fsp3) is 0.478. The van der Waals surface area contributed by atoms with Crippen LogP contribution in [0.1, 0.15) is 45.6 Å². The van der Waals surface area contributed by atoms with Gasteiger partial charge in [-0.25, -0.2) is 0 Å². The summed E-state index contributed by atoms with van der Waals surface area (Å²) in [4.78, 5) is 32.6. The molecular formula is C23H31ClN4O2. The number of hydrogen-bond acceptors (Lipinski definition) is 4. The lowest BCUT2D eigenvalue weighted by Gasteiger charge is -2.38. The van der Waals surface area contributed by atoms with Crippen LogP contribution in [0.4, 0.5) is 5.69 Å². The standard InChI is InChI=1S/C23H31ClN4O2/c1-14-9-15(2)26-23(30)20(14)12-25-22(29)19-10-17(24)11-21(16(19)3)28(5)18-7-6-8-27(4)13-18/h9-11,18H,6-8,12-13H2,1-5H3,(H,25,29)(H,26,30). The lowest BCUT2D eigenvalue weighted by atomic mass is 10.0. The molecule has 7 heteroatoms. The van der Waals surface area contributed by atoms with Crippen molar-refractivity contribution in [2.75, 3.05) is 32.1 Å². The molecule has 2 heterocycles. The molecule has 1 aromatic carbocycles. The van der Waals surface area contributed by atoms with Gasteiger partial charge in [0.2, 0.25) is 0 Å². The third kappa shape index (κ3) is 4.87. The largest absolute Gasteiger partial charge is 0.370 e. The average molecular weight is 431 g/mol. The molecule has 0 saturated carbocycles. The number of aryl methyl sites for hydroxylation is 2. The molecule has 1 aliphatic heterocycles. The lowest BCUT2D eigenvalue weighted by molar-refractivity contribution is 0.0950. The summed E-state index contributed by atoms with van der Waals surface area (Å²) in [5, 5.41) is 3.42. The van der Waals surface area contributed by atoms with Crippen LogP contribution in [0, 0.1) is 20.8 Å². The maximum atomic E-state index is 13.0. The minimum atomic E-state index is -0.232. The van der Waals surface area contributed by atoms with E-state index in [0.717, 1.165) is 48.4 Å². The number of carbonyl (C=O) groups excluding carboxylic acids is 1. The summed E-state index contributed by atoms with van der Waals surface area (Å²) < 4.78 is 0. The van der Waals surface area contributed by atoms with E-state index < -0.39 is 0 Å². The zero-order valence-electron chi connectivity index (χ0n) is 18.4. The van der Waals surface area contributed by atoms with Gasteiger partial charge in [0, 0.05) is 53.7 Å². The molecule has 1 aliphatic rings. The molecule has 162 valence electrons. The number of aromatic nitrogens is 1. The van der Waals surface area contributed by atoms with Gasteiger partial charge in [0.1, 0.15) is 0 Å². The first-order valence-electron chi connectivity index (χ1n) is 10.4. The molecule has 1 amide bonds. The summed E-state index contributed by atoms with van der Waals surface area (Å²) in [5.74, 6) is -0.232. The number of benzene rings is 1. The number of anilines is 1. The highest BCUT2D eigenvalue weighted by Crippen LogP contribution is 2.30. The average Bonchev–Trinajstić information content (AvgIpc) is 2.68. The summed E-state index contributed by atoms with van der Waals surface area (Å²) in [6.07, 6.45) is 2.27. The second-order valence-corrected chi connectivity index (χ2v) is 8.83. The minimum absolute atomic E-state index is 0.169. The van der Waals surface area contributed by atoms with Crippen molar-refractivity contribution in [2.45, 2.75) is 46.2 Å². The number of hydrogen-bond donors (Lipinski definition) is 2. The zero-order valence-corrected chi connectivity index (χ0v) is 19.2. The lowest BCUT2D eigenvalue weighted by Crippen LogP contribution is -2.45. The Morgan fingerprint density at radius 3 is 2.70 bits per heavy atom. The molecule has 0 bridgehead atoms. The molecule has 1 aromatic heterocycles. The number of pyridine rings is 1. The predicted molar refractivity (Wildman–Crippen MR) is 123 cm³/mol. The SMILES string of the molecule is Cc1cc(C)c(CNC(=O)c2cc(Cl)cc(N(C)C3CCCN(C)C3)c2C)c(=O)[nH]1. The van der Waals surface area contributed by atoms with Crippen LogP contribution in [0.2, 0.25) is 5.02 Å². The topological polar surface area (TPSA) is 68.4 Å². The van der Waals surface area contributed by atoms with E-state index in [0.29, 0.717) is 22.2 Å². The van der Waals surface area contributed by atoms with Crippen LogP contribution in [0.3, 0.4) is 0 Å². The van der Waals surface area contributed by atoms with E-state index in [4.69, 9.17) is 11.6 Å². The van der Waals surface area contributed by atoms with Gasteiger partial charge in [-0.2, -0.15) is 0 Å². The van der Waals surface area contributed by atoms with E-state index in [2.05, 4.69) is 34.2 Å². The Morgan fingerprint density at radius 1 is 1.30 bits per heavy atom. The second kappa shape index (κ2) is 9.23. The fourth-order valence-corrected chi connectivity index (χ4v) is 4.50. The number of piperidine rings is 1. The monoisotopic (exact) mass is 430 g/mol. The first-order chi connectivity index (χ1) is 14.2. The second-order valence-electron chi connectivity index (χ2n) is 8.39. The number of halogens is 1. The highest BCUT2D eigenvalue weighted by atomic mass is 35.5. The summed E-state index contributed by atoms with van der Waals surface area (Å²) in [6.45, 7) is 7.94. The Hall–Kier alpha value is -2.31. The van der Waals surface area contributed by atoms with E-state index in [9.17, 15) is 9.59 Å². The van der Waals surface area contributed by atoms with Crippen molar-refractivity contribution in [3.63, 3.8) is 0 Å². The first-order valence-corrected chi connectivity index (χ1v) is 10.7. The van der Waals surface area contributed by atoms with Crippen molar-refractivity contribution >= 4 is 23.2 Å². The maximum Gasteiger partial charge on any atom is 0.253 e. The highest BCUT2D eigenvalue weighted by Gasteiger charge is 2.24. The molecule has 2 aromatic rings. The zero-order chi connectivity index (χ0) is 22.0. The predicted octanol–water partition coefficient (Wildman–Crippen LogP) is 3.41. The van der Waals surface area contributed by atoms with Crippen LogP contribution in [0.25, 0.3) is 0 Å². The van der Waals surface area contributed by atoms with Crippen LogP contribution in [-0.4, -0.2) is 49.0 Å². The van der Waals surface area contributed by atoms with E-state index in [1.165, 1.54) is 0 Å². The van der Waals surface area contributed by atoms with Gasteiger partial charge in [0.25, 0.3) is 11.5 Å². The van der Waals surface area contributed by atoms with Crippen LogP contribution in [0.5, 0.6) is 0 Å². The van der Waals surface area contributed by atoms with Crippen molar-refractivity contribution in [3.05, 3.63) is 61.5 Å². The molecule has 0 aliphatic carbocycles. The molecule has 0 radical (unpaired) electrons. The molecule has 1 unspecified atom stereocenters. The van der Waals surface area contributed by atoms with Crippen molar-refractivity contribution in [1.29, 1.82) is 0 Å². The molecule has 0 spiro atoms. The van der Waals surface area contributed by atoms with Gasteiger partial charge in [-0.05, 0) is 76.5 Å². The Morgan fingerprint density at radius 2 is 2.03 bits per heavy atom. The van der Waals surface area contributed by atoms with Gasteiger partial charge in [-0.15, -0.1) is 0 Å². The normalized spacial score (nSPS) is 17.1. The van der Waals surface area contributed by atoms with Crippen LogP contribution < -0.4 is 15.8 Å². The molecular weight excluding hydrogens is 400 g/mol. The third-order valence-corrected chi connectivity index (χ3v) is 6.25. The third-order valence-electron chi connectivity index (χ3n) is 6.04. The number of likely N-dealkylation sites (tertiary alicyclic amines) is 1. The van der Waals surface area contributed by atoms with Gasteiger partial charge in [-0.1, -0.05) is 11.6 Å². The number of nitrogens with zero attached hydrogens (tertiary/aromatic N) is 2. The maximum absolute atomic E-state index is 13.0. The molecule has 1 atom stereocenters. The van der Waals surface area contributed by atoms with Gasteiger partial charge >= 0.3 is 0 Å². The van der Waals surface area contributed by atoms with Crippen molar-refractivity contribution in [1.82, 2.24) is 15.2 Å². The van der Waals surface area contributed by atoms with Gasteiger partial charge in [0.15, 0.2) is 0 Å². The van der Waals surface area contributed by atoms with Gasteiger partial charge in [-0.3, -0.25) is 9.59 Å². The number of carbonyl (C=O) groups is 1. The molecule has 1 fully saturated rings. The molecule has 30 heavy (non-hydrogen) atoms. The van der Waals surface area contributed by atoms with E-state index in [-0.39, 0.29) is 18.0 Å². The number of H-pyrrole nitrogens is 1. The minimum Gasteiger partial charge on any atom is -0.370 e. The number of amides is 1. The molecule has 1 saturated heterocycles. The Kier molecular flexibility index (Phi) is 6.88. The quantitative estimate of drug-likeness (QED) is 0.762. The molecule has 3 rings (SSSR count). The Bertz CT molecular complexity index is 1000. The number of likely N-dealkylation sites (N-methyl/N-ethyl adjacent to an activating group) is 2. The molecule has 2 N–H and O–H groups in total. The summed E-state index contributed by atoms with van der Waals surface area (Å²) in [7, 11) is 4.21. The summed E-state index contributed by atoms with van der Waals surface area (Å²) >= 11 is 6.39. The highest BCUT2D eigenvalue weighted by molar-refractivity contribution is 6.31. The number of rotatable bonds is 5. The fourth-order valence-electron chi connectivity index (χ4n) is 4.28. The van der Waals surface area contributed by atoms with Crippen molar-refractivity contribution in [2.24, 2.45) is 0 Å². The van der Waals surface area contributed by atoms with Crippen LogP contribution in [-0.2, 0) is 6.54 Å². The van der Waals surface area contributed by atoms with E-state index in [1.54, 1.807) is 6.07 Å². The van der Waals surface area contributed by atoms with Crippen LogP contribution >= 0.6 is 11.6 Å². The van der Waals surface area contributed by atoms with E-state index >= 15 is 0 Å². The van der Waals surface area contributed by atoms with E-state index in [1.807, 2.05) is 32.9 Å². The smallest absolute Gasteiger partial charge is 0.253 e. The summed E-state index contributed by atoms with van der Waals surface area (Å²) in [6, 6.07) is 5.91. The first kappa shape index (κ1) is 22.4.